The summed E-state index contributed by atoms with van der Waals surface area (Å²) in [4.78, 5) is 116. The highest BCUT2D eigenvalue weighted by Crippen LogP contribution is 2.29. The van der Waals surface area contributed by atoms with E-state index in [-0.39, 0.29) is 84.3 Å². The summed E-state index contributed by atoms with van der Waals surface area (Å²) in [5.41, 5.74) is 16.5. The van der Waals surface area contributed by atoms with Gasteiger partial charge in [0.1, 0.15) is 0 Å². The molecule has 1 heterocycles. The lowest BCUT2D eigenvalue weighted by atomic mass is 9.85. The summed E-state index contributed by atoms with van der Waals surface area (Å²) in [5, 5.41) is 44.9. The molecule has 0 radical (unpaired) electrons. The number of aliphatic hydroxyl groups is 1. The molecule has 29 nitrogen and oxygen atoms in total. The summed E-state index contributed by atoms with van der Waals surface area (Å²) in [5.74, 6) is -0.194. The molecule has 31 heteroatoms. The normalized spacial score (nSPS) is 11.2. The Hall–Kier alpha value is -13.1. The summed E-state index contributed by atoms with van der Waals surface area (Å²) in [6.45, 7) is 24.4. The van der Waals surface area contributed by atoms with E-state index in [1.54, 1.807) is 135 Å². The summed E-state index contributed by atoms with van der Waals surface area (Å²) < 4.78 is 5.58. The lowest BCUT2D eigenvalue weighted by Crippen LogP contribution is -2.40. The highest BCUT2D eigenvalue weighted by Gasteiger charge is 2.22. The first kappa shape index (κ1) is 122. The topological polar surface area (TPSA) is 347 Å². The Morgan fingerprint density at radius 1 is 0.394 bits per heavy atom. The molecule has 0 spiro atoms. The number of anilines is 9. The number of benzene rings is 9. The number of nitrogens with one attached hydrogen (secondary N) is 12. The maximum absolute atomic E-state index is 12.4. The van der Waals surface area contributed by atoms with Gasteiger partial charge in [0.15, 0.2) is 0 Å². The molecule has 0 aliphatic carbocycles. The second-order valence-corrected chi connectivity index (χ2v) is 34.8. The number of halogens is 2. The molecule has 0 aromatic heterocycles. The fraction of sp³-hybridized carbons (Fsp3) is 0.406. The number of rotatable bonds is 26. The zero-order valence-electron chi connectivity index (χ0n) is 85.3. The third kappa shape index (κ3) is 45.4. The summed E-state index contributed by atoms with van der Waals surface area (Å²) >= 11 is 11.7. The van der Waals surface area contributed by atoms with Crippen molar-refractivity contribution >= 4 is 128 Å². The second kappa shape index (κ2) is 64.0. The number of nitrogens with zero attached hydrogens (tertiary/aromatic N) is 6. The molecule has 13 N–H and O–H groups in total. The number of likely N-dealkylation sites (N-methyl/N-ethyl adjacent to an activating group) is 1. The Morgan fingerprint density at radius 2 is 0.759 bits per heavy atom. The van der Waals surface area contributed by atoms with Crippen LogP contribution in [0.15, 0.2) is 194 Å². The van der Waals surface area contributed by atoms with Crippen LogP contribution in [-0.2, 0) is 10.2 Å². The average molecular weight is 1930 g/mol. The monoisotopic (exact) mass is 1930 g/mol. The van der Waals surface area contributed by atoms with Gasteiger partial charge in [-0.15, -0.1) is 0 Å². The van der Waals surface area contributed by atoms with Gasteiger partial charge in [0.05, 0.1) is 12.7 Å². The SMILES string of the molecule is C.CCCN(C)C(=O)c1cc(NC)cc(C(C)(C)C)c1.CCN(CC)C(=O)c1cccc(NC)c1.CNC(=O)c1cc(Cl)cc(NC)c1.CNC(=O)c1cccc(N(C)C)c1.CNc1cc(C)cc(C(=O)N(C)C)c1.CNc1cc(Cl)cc(C(=O)N(C)C)c1.CNc1cccc(C(=O)N(C)CCO)c1.CNc1cccc(C(=O)NC(C)(C)C)c1.CNc1cccc(C(=O)NCC2CCCCO2)c1. The molecule has 1 aliphatic heterocycles. The molecule has 9 amide bonds. The third-order valence-electron chi connectivity index (χ3n) is 20.3. The maximum atomic E-state index is 12.4. The van der Waals surface area contributed by atoms with Crippen LogP contribution in [0.4, 0.5) is 51.2 Å². The van der Waals surface area contributed by atoms with E-state index in [2.05, 4.69) is 97.6 Å². The third-order valence-corrected chi connectivity index (χ3v) is 20.8. The number of aryl methyl sites for hydroxylation is 1. The minimum Gasteiger partial charge on any atom is -0.395 e. The molecule has 1 saturated heterocycles. The fourth-order valence-electron chi connectivity index (χ4n) is 12.6. The Labute approximate surface area is 826 Å². The number of hydrogen-bond acceptors (Lipinski definition) is 20. The van der Waals surface area contributed by atoms with Crippen LogP contribution in [0.25, 0.3) is 0 Å². The summed E-state index contributed by atoms with van der Waals surface area (Å²) in [6, 6.07) is 59.3. The van der Waals surface area contributed by atoms with E-state index >= 15 is 0 Å². The quantitative estimate of drug-likeness (QED) is 0.0239. The van der Waals surface area contributed by atoms with E-state index in [0.29, 0.717) is 56.5 Å². The first-order valence-corrected chi connectivity index (χ1v) is 46.1. The number of ether oxygens (including phenoxy) is 1. The zero-order chi connectivity index (χ0) is 103. The van der Waals surface area contributed by atoms with E-state index in [1.165, 1.54) is 21.8 Å². The van der Waals surface area contributed by atoms with Gasteiger partial charge in [0.25, 0.3) is 53.2 Å². The molecule has 750 valence electrons. The van der Waals surface area contributed by atoms with Crippen molar-refractivity contribution in [2.24, 2.45) is 0 Å². The molecule has 1 unspecified atom stereocenters. The molecule has 10 rings (SSSR count). The van der Waals surface area contributed by atoms with Crippen molar-refractivity contribution in [1.82, 2.24) is 45.8 Å². The van der Waals surface area contributed by atoms with E-state index in [1.807, 2.05) is 241 Å². The molecule has 0 bridgehead atoms. The first-order valence-electron chi connectivity index (χ1n) is 45.3. The van der Waals surface area contributed by atoms with Crippen molar-refractivity contribution in [3.05, 3.63) is 265 Å². The van der Waals surface area contributed by atoms with Crippen molar-refractivity contribution in [1.29, 1.82) is 0 Å². The first-order chi connectivity index (χ1) is 64.3. The Balaban J connectivity index is 0.000000772. The van der Waals surface area contributed by atoms with Crippen molar-refractivity contribution in [3.63, 3.8) is 0 Å². The van der Waals surface area contributed by atoms with Gasteiger partial charge in [-0.1, -0.05) is 88.7 Å². The van der Waals surface area contributed by atoms with E-state index in [9.17, 15) is 43.2 Å². The van der Waals surface area contributed by atoms with Crippen LogP contribution >= 0.6 is 23.2 Å². The van der Waals surface area contributed by atoms with E-state index in [0.717, 1.165) is 119 Å². The van der Waals surface area contributed by atoms with Gasteiger partial charge in [0.2, 0.25) is 0 Å². The highest BCUT2D eigenvalue weighted by molar-refractivity contribution is 6.31. The summed E-state index contributed by atoms with van der Waals surface area (Å²) in [6.07, 6.45) is 4.51. The van der Waals surface area contributed by atoms with Crippen molar-refractivity contribution in [3.8, 4) is 0 Å². The highest BCUT2D eigenvalue weighted by atomic mass is 35.5. The number of carbonyl (C=O) groups is 9. The zero-order valence-corrected chi connectivity index (χ0v) is 86.8. The molecule has 1 fully saturated rings. The minimum absolute atomic E-state index is 0. The van der Waals surface area contributed by atoms with E-state index in [4.69, 9.17) is 33.0 Å². The van der Waals surface area contributed by atoms with Crippen LogP contribution in [0.3, 0.4) is 0 Å². The molecular formula is C106H156Cl2N18O11. The van der Waals surface area contributed by atoms with Gasteiger partial charge in [-0.05, 0) is 248 Å². The maximum Gasteiger partial charge on any atom is 0.253 e. The van der Waals surface area contributed by atoms with Gasteiger partial charge in [-0.25, -0.2) is 0 Å². The smallest absolute Gasteiger partial charge is 0.253 e. The van der Waals surface area contributed by atoms with Crippen LogP contribution in [0.5, 0.6) is 0 Å². The molecule has 137 heavy (non-hydrogen) atoms. The van der Waals surface area contributed by atoms with Crippen molar-refractivity contribution in [2.75, 3.05) is 220 Å². The number of amides is 9. The van der Waals surface area contributed by atoms with Gasteiger partial charge < -0.3 is 103 Å². The number of aliphatic hydroxyl groups excluding tert-OH is 1. The molecule has 9 aromatic carbocycles. The standard InChI is InChI=1S/C16H26N2O.C14H20N2O2.2C12H18N2O.C11H16N2O2.C11H16N2O.C10H13ClN2O.C10H14N2O.C9H11ClN2O.CH4/c1-7-8-18(6)15(19)12-9-13(16(2,3)4)11-14(10-12)17-5;1-15-12-6-4-5-11(9-12)14(17)16-10-13-7-2-3-8-18-13;1-12(2,3)14-11(15)9-6-5-7-10(8-9)13-4;1-4-14(5-2)12(15)10-7-6-8-11(9-10)13-3;1-12-10-5-3-4-9(8-10)11(15)13(2)6-7-14;1-8-5-9(11(14)13(3)4)7-10(6-8)12-2;1-12-9-5-7(4-8(11)6-9)10(14)13(2)3;1-11-10(13)8-5-4-6-9(7-8)12(2)3;1-11-8-4-6(9(13)12-2)3-7(10)5-8;/h9-11,17H,7-8H2,1-6H3;4-6,9,13,15H,2-3,7-8,10H2,1H3,(H,16,17);5-8,13H,1-4H3,(H,14,15);6-9,13H,4-5H2,1-3H3;3-5,8,12,14H,6-7H2,1-2H3;5-7,12H,1-4H3;4-6,12H,1-3H3;4-7H,1-3H3,(H,11,13);3-5,11H,1-2H3,(H,12,13);1H4. The summed E-state index contributed by atoms with van der Waals surface area (Å²) in [7, 11) is 32.2. The number of carbonyl (C=O) groups excluding carboxylic acids is 9. The van der Waals surface area contributed by atoms with Crippen molar-refractivity contribution < 1.29 is 53.0 Å². The van der Waals surface area contributed by atoms with Crippen LogP contribution in [0.2, 0.25) is 10.0 Å². The van der Waals surface area contributed by atoms with Crippen LogP contribution < -0.4 is 68.7 Å². The Bertz CT molecular complexity index is 5150. The molecule has 1 aliphatic rings. The van der Waals surface area contributed by atoms with Crippen LogP contribution in [0, 0.1) is 6.92 Å². The minimum atomic E-state index is -0.202. The average Bonchev–Trinajstić information content (AvgIpc) is 0.811. The van der Waals surface area contributed by atoms with Crippen molar-refractivity contribution in [2.45, 2.75) is 119 Å². The predicted molar refractivity (Wildman–Crippen MR) is 573 cm³/mol. The van der Waals surface area contributed by atoms with Crippen LogP contribution in [0.1, 0.15) is 200 Å². The fourth-order valence-corrected chi connectivity index (χ4v) is 13.1. The van der Waals surface area contributed by atoms with Gasteiger partial charge >= 0.3 is 0 Å². The van der Waals surface area contributed by atoms with Crippen LogP contribution in [-0.4, -0.2) is 267 Å². The predicted octanol–water partition coefficient (Wildman–Crippen LogP) is 18.1. The lowest BCUT2D eigenvalue weighted by molar-refractivity contribution is 0.0169. The molecule has 0 saturated carbocycles. The van der Waals surface area contributed by atoms with E-state index < -0.39 is 0 Å². The largest absolute Gasteiger partial charge is 0.395 e. The Kier molecular flexibility index (Phi) is 57.0. The van der Waals surface area contributed by atoms with Gasteiger partial charge in [-0.2, -0.15) is 0 Å². The molecular weight excluding hydrogens is 1770 g/mol. The van der Waals surface area contributed by atoms with Gasteiger partial charge in [-0.3, -0.25) is 43.2 Å². The molecule has 1 atom stereocenters. The van der Waals surface area contributed by atoms with Gasteiger partial charge in [0, 0.05) is 283 Å². The Morgan fingerprint density at radius 3 is 1.16 bits per heavy atom. The lowest BCUT2D eigenvalue weighted by Gasteiger charge is -2.23. The second-order valence-electron chi connectivity index (χ2n) is 34.0. The number of hydrogen-bond donors (Lipinski definition) is 13. The molecule has 9 aromatic rings.